The molecule has 0 spiro atoms. The number of amides is 1. The van der Waals surface area contributed by atoms with Crippen molar-refractivity contribution < 1.29 is 23.2 Å². The number of benzene rings is 2. The Morgan fingerprint density at radius 2 is 2.10 bits per heavy atom. The van der Waals surface area contributed by atoms with E-state index in [1.54, 1.807) is 16.7 Å². The second kappa shape index (κ2) is 8.66. The Morgan fingerprint density at radius 1 is 1.30 bits per heavy atom. The molecule has 9 heteroatoms. The van der Waals surface area contributed by atoms with Crippen LogP contribution < -0.4 is 4.90 Å². The molecule has 0 aliphatic carbocycles. The summed E-state index contributed by atoms with van der Waals surface area (Å²) in [6.07, 6.45) is 2.05. The van der Waals surface area contributed by atoms with E-state index in [1.165, 1.54) is 24.3 Å². The number of thioether (sulfide) groups is 1. The second-order valence-electron chi connectivity index (χ2n) is 6.73. The highest BCUT2D eigenvalue weighted by molar-refractivity contribution is 7.98. The normalized spacial score (nSPS) is 16.1. The van der Waals surface area contributed by atoms with Crippen molar-refractivity contribution >= 4 is 29.3 Å². The number of hydrogen-bond acceptors (Lipinski definition) is 7. The number of anilines is 1. The van der Waals surface area contributed by atoms with Crippen LogP contribution in [0.3, 0.4) is 0 Å². The van der Waals surface area contributed by atoms with E-state index in [4.69, 9.17) is 9.26 Å². The summed E-state index contributed by atoms with van der Waals surface area (Å²) in [7, 11) is 0. The van der Waals surface area contributed by atoms with Gasteiger partial charge in [0.05, 0.1) is 5.92 Å². The van der Waals surface area contributed by atoms with Crippen LogP contribution in [0.15, 0.2) is 57.9 Å². The van der Waals surface area contributed by atoms with E-state index in [0.717, 1.165) is 10.6 Å². The number of nitrogens with zero attached hydrogens (tertiary/aromatic N) is 3. The predicted molar refractivity (Wildman–Crippen MR) is 108 cm³/mol. The molecule has 154 valence electrons. The van der Waals surface area contributed by atoms with Crippen molar-refractivity contribution in [1.29, 1.82) is 0 Å². The highest BCUT2D eigenvalue weighted by Crippen LogP contribution is 2.29. The van der Waals surface area contributed by atoms with Gasteiger partial charge in [0.2, 0.25) is 11.7 Å². The van der Waals surface area contributed by atoms with Crippen molar-refractivity contribution in [2.75, 3.05) is 17.7 Å². The Labute approximate surface area is 176 Å². The molecule has 30 heavy (non-hydrogen) atoms. The first-order valence-corrected chi connectivity index (χ1v) is 10.5. The molecular formula is C21H18FN3O4S. The molecule has 1 saturated heterocycles. The zero-order valence-electron chi connectivity index (χ0n) is 16.1. The largest absolute Gasteiger partial charge is 0.455 e. The average molecular weight is 427 g/mol. The molecule has 1 aromatic heterocycles. The third-order valence-corrected chi connectivity index (χ3v) is 5.46. The molecule has 0 unspecified atom stereocenters. The minimum atomic E-state index is -0.560. The lowest BCUT2D eigenvalue weighted by atomic mass is 10.1. The smallest absolute Gasteiger partial charge is 0.311 e. The maximum Gasteiger partial charge on any atom is 0.311 e. The van der Waals surface area contributed by atoms with Gasteiger partial charge in [-0.15, -0.1) is 11.8 Å². The Morgan fingerprint density at radius 3 is 2.87 bits per heavy atom. The van der Waals surface area contributed by atoms with Gasteiger partial charge in [0.1, 0.15) is 5.82 Å². The molecule has 3 aromatic rings. The van der Waals surface area contributed by atoms with Crippen LogP contribution in [0.4, 0.5) is 10.1 Å². The van der Waals surface area contributed by atoms with Gasteiger partial charge in [-0.1, -0.05) is 11.2 Å². The van der Waals surface area contributed by atoms with Crippen molar-refractivity contribution in [2.24, 2.45) is 5.92 Å². The zero-order chi connectivity index (χ0) is 21.1. The van der Waals surface area contributed by atoms with Crippen LogP contribution in [-0.2, 0) is 20.9 Å². The number of carbonyl (C=O) groups is 2. The minimum absolute atomic E-state index is 0.0903. The maximum atomic E-state index is 13.0. The van der Waals surface area contributed by atoms with Gasteiger partial charge in [-0.3, -0.25) is 9.59 Å². The zero-order valence-corrected chi connectivity index (χ0v) is 16.9. The van der Waals surface area contributed by atoms with Gasteiger partial charge in [-0.25, -0.2) is 4.39 Å². The van der Waals surface area contributed by atoms with Crippen molar-refractivity contribution in [1.82, 2.24) is 10.1 Å². The van der Waals surface area contributed by atoms with E-state index >= 15 is 0 Å². The lowest BCUT2D eigenvalue weighted by molar-refractivity contribution is -0.150. The summed E-state index contributed by atoms with van der Waals surface area (Å²) in [5, 5.41) is 3.81. The van der Waals surface area contributed by atoms with Gasteiger partial charge in [0.25, 0.3) is 5.89 Å². The van der Waals surface area contributed by atoms with Gasteiger partial charge in [0, 0.05) is 29.1 Å². The Bertz CT molecular complexity index is 1070. The fourth-order valence-electron chi connectivity index (χ4n) is 3.17. The van der Waals surface area contributed by atoms with Crippen LogP contribution >= 0.6 is 11.8 Å². The standard InChI is InChI=1S/C21H18FN3O4S/c1-30-17-4-2-3-16(10-17)25-11-14(9-19(25)26)21(27)28-12-18-23-20(24-29-18)13-5-7-15(22)8-6-13/h2-8,10,14H,9,11-12H2,1H3/t14-/m0/s1. The number of ether oxygens (including phenoxy) is 1. The summed E-state index contributed by atoms with van der Waals surface area (Å²) in [4.78, 5) is 31.6. The molecule has 2 heterocycles. The fraction of sp³-hybridized carbons (Fsp3) is 0.238. The summed E-state index contributed by atoms with van der Waals surface area (Å²) in [6, 6.07) is 13.3. The Balaban J connectivity index is 1.35. The lowest BCUT2D eigenvalue weighted by Crippen LogP contribution is -2.26. The monoisotopic (exact) mass is 427 g/mol. The second-order valence-corrected chi connectivity index (χ2v) is 7.61. The third-order valence-electron chi connectivity index (χ3n) is 4.73. The van der Waals surface area contributed by atoms with Gasteiger partial charge >= 0.3 is 5.97 Å². The number of rotatable bonds is 6. The third kappa shape index (κ3) is 4.35. The molecule has 7 nitrogen and oxygen atoms in total. The first-order valence-electron chi connectivity index (χ1n) is 9.23. The SMILES string of the molecule is CSc1cccc(N2C[C@@H](C(=O)OCc3nc(-c4ccc(F)cc4)no3)CC2=O)c1. The quantitative estimate of drug-likeness (QED) is 0.438. The molecule has 0 N–H and O–H groups in total. The fourth-order valence-corrected chi connectivity index (χ4v) is 3.63. The predicted octanol–water partition coefficient (Wildman–Crippen LogP) is 3.69. The number of halogens is 1. The van der Waals surface area contributed by atoms with Crippen molar-refractivity contribution in [3.63, 3.8) is 0 Å². The summed E-state index contributed by atoms with van der Waals surface area (Å²) in [5.74, 6) is -1.14. The van der Waals surface area contributed by atoms with Crippen LogP contribution in [0.1, 0.15) is 12.3 Å². The molecule has 1 amide bonds. The average Bonchev–Trinajstić information content (AvgIpc) is 3.39. The van der Waals surface area contributed by atoms with Crippen LogP contribution in [-0.4, -0.2) is 34.8 Å². The Kier molecular flexibility index (Phi) is 5.80. The molecule has 4 rings (SSSR count). The Hall–Kier alpha value is -3.20. The lowest BCUT2D eigenvalue weighted by Gasteiger charge is -2.17. The minimum Gasteiger partial charge on any atom is -0.455 e. The number of carbonyl (C=O) groups excluding carboxylic acids is 2. The topological polar surface area (TPSA) is 85.5 Å². The highest BCUT2D eigenvalue weighted by atomic mass is 32.2. The van der Waals surface area contributed by atoms with Crippen LogP contribution in [0.2, 0.25) is 0 Å². The van der Waals surface area contributed by atoms with Gasteiger partial charge < -0.3 is 14.2 Å². The molecule has 0 radical (unpaired) electrons. The molecule has 2 aromatic carbocycles. The molecule has 1 aliphatic rings. The van der Waals surface area contributed by atoms with Crippen LogP contribution in [0, 0.1) is 11.7 Å². The molecular weight excluding hydrogens is 409 g/mol. The maximum absolute atomic E-state index is 13.0. The van der Waals surface area contributed by atoms with Crippen LogP contribution in [0.5, 0.6) is 0 Å². The van der Waals surface area contributed by atoms with Crippen molar-refractivity contribution in [3.05, 3.63) is 60.2 Å². The van der Waals surface area contributed by atoms with Gasteiger partial charge in [0.15, 0.2) is 6.61 Å². The summed E-state index contributed by atoms with van der Waals surface area (Å²) < 4.78 is 23.4. The highest BCUT2D eigenvalue weighted by Gasteiger charge is 2.36. The summed E-state index contributed by atoms with van der Waals surface area (Å²) in [5.41, 5.74) is 1.35. The summed E-state index contributed by atoms with van der Waals surface area (Å²) >= 11 is 1.59. The molecule has 0 saturated carbocycles. The first-order chi connectivity index (χ1) is 14.5. The van der Waals surface area contributed by atoms with Gasteiger partial charge in [-0.2, -0.15) is 4.98 Å². The van der Waals surface area contributed by atoms with Crippen molar-refractivity contribution in [3.8, 4) is 11.4 Å². The molecule has 0 bridgehead atoms. The molecule has 1 aliphatic heterocycles. The summed E-state index contributed by atoms with van der Waals surface area (Å²) in [6.45, 7) is 0.0693. The van der Waals surface area contributed by atoms with Crippen molar-refractivity contribution in [2.45, 2.75) is 17.9 Å². The van der Waals surface area contributed by atoms with E-state index in [2.05, 4.69) is 10.1 Å². The first kappa shape index (κ1) is 20.1. The van der Waals surface area contributed by atoms with E-state index in [0.29, 0.717) is 5.56 Å². The number of hydrogen-bond donors (Lipinski definition) is 0. The molecule has 1 fully saturated rings. The van der Waals surface area contributed by atoms with Gasteiger partial charge in [-0.05, 0) is 48.7 Å². The van der Waals surface area contributed by atoms with E-state index in [-0.39, 0.29) is 43.0 Å². The number of aromatic nitrogens is 2. The van der Waals surface area contributed by atoms with E-state index < -0.39 is 11.9 Å². The van der Waals surface area contributed by atoms with E-state index in [1.807, 2.05) is 30.5 Å². The van der Waals surface area contributed by atoms with E-state index in [9.17, 15) is 14.0 Å². The number of esters is 1. The molecule has 1 atom stereocenters. The van der Waals surface area contributed by atoms with Crippen LogP contribution in [0.25, 0.3) is 11.4 Å².